The highest BCUT2D eigenvalue weighted by Gasteiger charge is 2.59. The normalized spacial score (nSPS) is 43.5. The van der Waals surface area contributed by atoms with Crippen molar-refractivity contribution in [3.8, 4) is 0 Å². The maximum atomic E-state index is 13.0. The molecule has 198 valence electrons. The Morgan fingerprint density at radius 3 is 2.54 bits per heavy atom. The number of carbonyl (C=O) groups is 1. The molecule has 1 aliphatic heterocycles. The van der Waals surface area contributed by atoms with Crippen molar-refractivity contribution < 1.29 is 9.90 Å². The van der Waals surface area contributed by atoms with E-state index in [2.05, 4.69) is 38.7 Å². The quantitative estimate of drug-likeness (QED) is 0.475. The van der Waals surface area contributed by atoms with E-state index in [9.17, 15) is 9.90 Å². The molecule has 0 aromatic rings. The third-order valence-corrected chi connectivity index (χ3v) is 12.5. The highest BCUT2D eigenvalue weighted by Crippen LogP contribution is 2.67. The summed E-state index contributed by atoms with van der Waals surface area (Å²) in [5, 5.41) is 10.3. The number of fused-ring (bicyclic) bond motifs is 5. The summed E-state index contributed by atoms with van der Waals surface area (Å²) >= 11 is 0. The first-order valence-electron chi connectivity index (χ1n) is 14.9. The second-order valence-corrected chi connectivity index (χ2v) is 14.3. The van der Waals surface area contributed by atoms with Gasteiger partial charge in [-0.1, -0.05) is 39.3 Å². The van der Waals surface area contributed by atoms with E-state index in [1.54, 1.807) is 5.57 Å². The number of amides is 1. The zero-order valence-corrected chi connectivity index (χ0v) is 23.0. The van der Waals surface area contributed by atoms with Gasteiger partial charge in [0, 0.05) is 19.5 Å². The van der Waals surface area contributed by atoms with Gasteiger partial charge in [0.2, 0.25) is 5.91 Å². The number of aliphatic hydroxyl groups is 1. The Bertz CT molecular complexity index is 830. The van der Waals surface area contributed by atoms with Crippen LogP contribution < -0.4 is 5.73 Å². The molecule has 1 saturated heterocycles. The molecule has 5 aliphatic rings. The molecule has 0 aromatic heterocycles. The molecule has 0 unspecified atom stereocenters. The van der Waals surface area contributed by atoms with E-state index in [1.807, 2.05) is 0 Å². The van der Waals surface area contributed by atoms with Gasteiger partial charge in [-0.05, 0) is 123 Å². The van der Waals surface area contributed by atoms with E-state index < -0.39 is 0 Å². The number of hydrogen-bond donors (Lipinski definition) is 2. The van der Waals surface area contributed by atoms with Crippen molar-refractivity contribution in [2.45, 2.75) is 111 Å². The highest BCUT2D eigenvalue weighted by molar-refractivity contribution is 5.76. The lowest BCUT2D eigenvalue weighted by molar-refractivity contribution is -0.133. The van der Waals surface area contributed by atoms with Gasteiger partial charge in [-0.15, -0.1) is 0 Å². The monoisotopic (exact) mass is 484 g/mol. The smallest absolute Gasteiger partial charge is 0.222 e. The van der Waals surface area contributed by atoms with Crippen molar-refractivity contribution >= 4 is 5.91 Å². The summed E-state index contributed by atoms with van der Waals surface area (Å²) < 4.78 is 0. The first-order chi connectivity index (χ1) is 16.6. The molecule has 1 heterocycles. The highest BCUT2D eigenvalue weighted by atomic mass is 16.3. The van der Waals surface area contributed by atoms with Crippen LogP contribution in [0.15, 0.2) is 11.6 Å². The molecular formula is C31H52N2O2. The summed E-state index contributed by atoms with van der Waals surface area (Å²) in [4.78, 5) is 15.1. The predicted molar refractivity (Wildman–Crippen MR) is 143 cm³/mol. The number of allylic oxidation sites excluding steroid dienone is 1. The lowest BCUT2D eigenvalue weighted by Gasteiger charge is -2.58. The van der Waals surface area contributed by atoms with Gasteiger partial charge in [0.25, 0.3) is 0 Å². The molecule has 4 fully saturated rings. The Labute approximate surface area is 214 Å². The Balaban J connectivity index is 1.20. The molecule has 1 amide bonds. The Morgan fingerprint density at radius 1 is 1.09 bits per heavy atom. The topological polar surface area (TPSA) is 66.6 Å². The molecule has 8 atom stereocenters. The molecule has 0 spiro atoms. The second-order valence-electron chi connectivity index (χ2n) is 14.3. The van der Waals surface area contributed by atoms with Gasteiger partial charge in [-0.3, -0.25) is 4.79 Å². The van der Waals surface area contributed by atoms with Gasteiger partial charge in [0.1, 0.15) is 0 Å². The van der Waals surface area contributed by atoms with Crippen molar-refractivity contribution in [2.24, 2.45) is 51.6 Å². The molecule has 4 nitrogen and oxygen atoms in total. The average molecular weight is 485 g/mol. The summed E-state index contributed by atoms with van der Waals surface area (Å²) in [6.45, 7) is 12.4. The molecule has 0 radical (unpaired) electrons. The van der Waals surface area contributed by atoms with E-state index >= 15 is 0 Å². The van der Waals surface area contributed by atoms with E-state index in [4.69, 9.17) is 5.73 Å². The van der Waals surface area contributed by atoms with Gasteiger partial charge in [0.05, 0.1) is 6.10 Å². The predicted octanol–water partition coefficient (Wildman–Crippen LogP) is 5.93. The van der Waals surface area contributed by atoms with Gasteiger partial charge >= 0.3 is 0 Å². The van der Waals surface area contributed by atoms with Crippen LogP contribution in [0.2, 0.25) is 0 Å². The van der Waals surface area contributed by atoms with Crippen LogP contribution in [-0.2, 0) is 4.79 Å². The van der Waals surface area contributed by atoms with E-state index in [0.29, 0.717) is 22.7 Å². The van der Waals surface area contributed by atoms with Gasteiger partial charge in [0.15, 0.2) is 0 Å². The van der Waals surface area contributed by atoms with Crippen LogP contribution in [0.25, 0.3) is 0 Å². The number of hydrogen-bond acceptors (Lipinski definition) is 3. The van der Waals surface area contributed by atoms with Crippen LogP contribution in [0, 0.1) is 45.8 Å². The largest absolute Gasteiger partial charge is 0.393 e. The molecular weight excluding hydrogens is 432 g/mol. The minimum Gasteiger partial charge on any atom is -0.393 e. The van der Waals surface area contributed by atoms with E-state index in [0.717, 1.165) is 81.8 Å². The Kier molecular flexibility index (Phi) is 6.96. The number of rotatable bonds is 5. The minimum absolute atomic E-state index is 0.116. The summed E-state index contributed by atoms with van der Waals surface area (Å²) in [5.41, 5.74) is 8.53. The number of piperidine rings is 1. The third-order valence-electron chi connectivity index (χ3n) is 12.5. The fourth-order valence-electron chi connectivity index (χ4n) is 9.83. The number of nitrogens with two attached hydrogens (primary N) is 1. The summed E-state index contributed by atoms with van der Waals surface area (Å²) in [6.07, 6.45) is 16.0. The first kappa shape index (κ1) is 25.8. The van der Waals surface area contributed by atoms with E-state index in [-0.39, 0.29) is 11.5 Å². The van der Waals surface area contributed by atoms with Crippen LogP contribution in [-0.4, -0.2) is 41.7 Å². The molecule has 4 heteroatoms. The summed E-state index contributed by atoms with van der Waals surface area (Å²) in [5.74, 6) is 4.22. The molecule has 35 heavy (non-hydrogen) atoms. The van der Waals surface area contributed by atoms with Gasteiger partial charge in [-0.2, -0.15) is 0 Å². The molecule has 3 N–H and O–H groups in total. The Morgan fingerprint density at radius 2 is 1.83 bits per heavy atom. The fourth-order valence-corrected chi connectivity index (χ4v) is 9.83. The van der Waals surface area contributed by atoms with Gasteiger partial charge in [-0.25, -0.2) is 0 Å². The van der Waals surface area contributed by atoms with Crippen molar-refractivity contribution in [3.05, 3.63) is 11.6 Å². The molecule has 3 saturated carbocycles. The average Bonchev–Trinajstić information content (AvgIpc) is 3.20. The third kappa shape index (κ3) is 4.43. The molecule has 0 bridgehead atoms. The molecule has 5 rings (SSSR count). The lowest BCUT2D eigenvalue weighted by atomic mass is 9.47. The SMILES string of the molecule is C[C@H](CCC(=O)N1CCC(C)(CN)CC1)[C@H]1CC[C@H]2[C@@H]3CC=C4C[C@@H](O)CC[C@]4(C)[C@H]3CC[C@]12C. The fraction of sp³-hybridized carbons (Fsp3) is 0.903. The van der Waals surface area contributed by atoms with Crippen LogP contribution >= 0.6 is 0 Å². The lowest BCUT2D eigenvalue weighted by Crippen LogP contribution is -2.50. The molecule has 4 aliphatic carbocycles. The summed E-state index contributed by atoms with van der Waals surface area (Å²) in [6, 6.07) is 0. The van der Waals surface area contributed by atoms with Gasteiger partial charge < -0.3 is 15.7 Å². The zero-order valence-electron chi connectivity index (χ0n) is 23.0. The number of aliphatic hydroxyl groups excluding tert-OH is 1. The van der Waals surface area contributed by atoms with Crippen molar-refractivity contribution in [2.75, 3.05) is 19.6 Å². The van der Waals surface area contributed by atoms with Crippen molar-refractivity contribution in [1.29, 1.82) is 0 Å². The Hall–Kier alpha value is -0.870. The second kappa shape index (κ2) is 9.46. The summed E-state index contributed by atoms with van der Waals surface area (Å²) in [7, 11) is 0. The maximum absolute atomic E-state index is 13.0. The number of carbonyl (C=O) groups excluding carboxylic acids is 1. The molecule has 0 aromatic carbocycles. The minimum atomic E-state index is -0.116. The first-order valence-corrected chi connectivity index (χ1v) is 14.9. The van der Waals surface area contributed by atoms with Crippen LogP contribution in [0.4, 0.5) is 0 Å². The maximum Gasteiger partial charge on any atom is 0.222 e. The standard InChI is InChI=1S/C31H52N2O2/c1-21(5-10-28(35)33-17-15-29(2,20-32)16-18-33)25-8-9-26-24-7-6-22-19-23(34)11-13-30(22,3)27(24)12-14-31(25,26)4/h6,21,23-27,34H,5,7-20,32H2,1-4H3/t21-,23+,24+,25-,26+,27+,30+,31-/m1/s1. The number of nitrogens with zero attached hydrogens (tertiary/aromatic N) is 1. The van der Waals surface area contributed by atoms with Crippen LogP contribution in [0.3, 0.4) is 0 Å². The van der Waals surface area contributed by atoms with Crippen molar-refractivity contribution in [1.82, 2.24) is 4.90 Å². The zero-order chi connectivity index (χ0) is 25.0. The number of likely N-dealkylation sites (tertiary alicyclic amines) is 1. The van der Waals surface area contributed by atoms with Crippen molar-refractivity contribution in [3.63, 3.8) is 0 Å². The van der Waals surface area contributed by atoms with Crippen LogP contribution in [0.1, 0.15) is 105 Å². The van der Waals surface area contributed by atoms with Crippen LogP contribution in [0.5, 0.6) is 0 Å². The van der Waals surface area contributed by atoms with E-state index in [1.165, 1.54) is 38.5 Å².